The summed E-state index contributed by atoms with van der Waals surface area (Å²) in [7, 11) is 0. The monoisotopic (exact) mass is 329 g/mol. The van der Waals surface area contributed by atoms with Crippen molar-refractivity contribution in [2.45, 2.75) is 19.9 Å². The highest BCUT2D eigenvalue weighted by Gasteiger charge is 2.13. The highest BCUT2D eigenvalue weighted by molar-refractivity contribution is 5.78. The second-order valence-electron chi connectivity index (χ2n) is 6.66. The van der Waals surface area contributed by atoms with E-state index in [9.17, 15) is 0 Å². The molecular weight excluding hydrogens is 306 g/mol. The molecule has 0 atom stereocenters. The molecular formula is C22H23N3. The molecule has 126 valence electrons. The van der Waals surface area contributed by atoms with Gasteiger partial charge in [-0.1, -0.05) is 60.7 Å². The van der Waals surface area contributed by atoms with Crippen LogP contribution in [0.5, 0.6) is 0 Å². The van der Waals surface area contributed by atoms with Crippen molar-refractivity contribution in [1.82, 2.24) is 14.9 Å². The van der Waals surface area contributed by atoms with Crippen LogP contribution in [0.2, 0.25) is 0 Å². The van der Waals surface area contributed by atoms with Gasteiger partial charge in [-0.2, -0.15) is 0 Å². The smallest absolute Gasteiger partial charge is 0.121 e. The average molecular weight is 329 g/mol. The largest absolute Gasteiger partial charge is 0.341 e. The first kappa shape index (κ1) is 15.9. The first-order valence-corrected chi connectivity index (χ1v) is 8.87. The van der Waals surface area contributed by atoms with Crippen LogP contribution >= 0.6 is 0 Å². The quantitative estimate of drug-likeness (QED) is 0.751. The van der Waals surface area contributed by atoms with Crippen molar-refractivity contribution in [3.8, 4) is 0 Å². The number of hydrogen-bond acceptors (Lipinski definition) is 2. The number of fused-ring (bicyclic) bond motifs is 1. The molecule has 0 unspecified atom stereocenters. The van der Waals surface area contributed by atoms with E-state index in [0.717, 1.165) is 42.9 Å². The third-order valence-corrected chi connectivity index (χ3v) is 4.75. The van der Waals surface area contributed by atoms with Gasteiger partial charge in [0.1, 0.15) is 5.82 Å². The van der Waals surface area contributed by atoms with E-state index >= 15 is 0 Å². The molecule has 3 nitrogen and oxygen atoms in total. The van der Waals surface area contributed by atoms with E-state index in [2.05, 4.69) is 83.6 Å². The van der Waals surface area contributed by atoms with Gasteiger partial charge in [0.15, 0.2) is 0 Å². The number of rotatable bonds is 4. The summed E-state index contributed by atoms with van der Waals surface area (Å²) in [6.45, 7) is 5.04. The second kappa shape index (κ2) is 7.08. The summed E-state index contributed by atoms with van der Waals surface area (Å²) in [5.41, 5.74) is 6.13. The number of hydrogen-bond donors (Lipinski definition) is 1. The molecule has 0 amide bonds. The fraction of sp³-hybridized carbons (Fsp3) is 0.227. The molecule has 0 bridgehead atoms. The van der Waals surface area contributed by atoms with Crippen LogP contribution in [0, 0.1) is 6.92 Å². The normalized spacial score (nSPS) is 15.8. The number of allylic oxidation sites excluding steroid dienone is 1. The summed E-state index contributed by atoms with van der Waals surface area (Å²) < 4.78 is 0. The topological polar surface area (TPSA) is 31.9 Å². The number of nitrogens with zero attached hydrogens (tertiary/aromatic N) is 2. The Labute approximate surface area is 148 Å². The SMILES string of the molecule is Cc1cccc2[nH]c(CN3CC=C(C=Cc4ccccc4)CC3)nc12. The van der Waals surface area contributed by atoms with Crippen LogP contribution in [0.3, 0.4) is 0 Å². The third kappa shape index (κ3) is 3.72. The molecule has 1 N–H and O–H groups in total. The van der Waals surface area contributed by atoms with Crippen molar-refractivity contribution in [2.24, 2.45) is 0 Å². The van der Waals surface area contributed by atoms with Gasteiger partial charge < -0.3 is 4.98 Å². The van der Waals surface area contributed by atoms with E-state index in [4.69, 9.17) is 4.98 Å². The van der Waals surface area contributed by atoms with Gasteiger partial charge >= 0.3 is 0 Å². The highest BCUT2D eigenvalue weighted by atomic mass is 15.1. The lowest BCUT2D eigenvalue weighted by atomic mass is 10.1. The number of aromatic nitrogens is 2. The zero-order valence-electron chi connectivity index (χ0n) is 14.6. The second-order valence-corrected chi connectivity index (χ2v) is 6.66. The summed E-state index contributed by atoms with van der Waals surface area (Å²) in [5, 5.41) is 0. The maximum Gasteiger partial charge on any atom is 0.121 e. The Kier molecular flexibility index (Phi) is 4.49. The van der Waals surface area contributed by atoms with Crippen molar-refractivity contribution < 1.29 is 0 Å². The minimum Gasteiger partial charge on any atom is -0.341 e. The van der Waals surface area contributed by atoms with Gasteiger partial charge in [-0.05, 0) is 36.1 Å². The van der Waals surface area contributed by atoms with Crippen molar-refractivity contribution in [3.05, 3.63) is 83.2 Å². The third-order valence-electron chi connectivity index (χ3n) is 4.75. The van der Waals surface area contributed by atoms with Gasteiger partial charge in [-0.25, -0.2) is 4.98 Å². The van der Waals surface area contributed by atoms with E-state index in [1.807, 2.05) is 0 Å². The number of aromatic amines is 1. The minimum atomic E-state index is 0.875. The van der Waals surface area contributed by atoms with Crippen molar-refractivity contribution in [3.63, 3.8) is 0 Å². The molecule has 2 aromatic carbocycles. The molecule has 25 heavy (non-hydrogen) atoms. The van der Waals surface area contributed by atoms with E-state index < -0.39 is 0 Å². The lowest BCUT2D eigenvalue weighted by Gasteiger charge is -2.24. The van der Waals surface area contributed by atoms with Crippen LogP contribution in [-0.2, 0) is 6.54 Å². The summed E-state index contributed by atoms with van der Waals surface area (Å²) in [4.78, 5) is 10.7. The average Bonchev–Trinajstić information content (AvgIpc) is 3.06. The fourth-order valence-electron chi connectivity index (χ4n) is 3.30. The van der Waals surface area contributed by atoms with Crippen LogP contribution in [-0.4, -0.2) is 28.0 Å². The van der Waals surface area contributed by atoms with E-state index in [1.54, 1.807) is 0 Å². The Balaban J connectivity index is 1.40. The van der Waals surface area contributed by atoms with Gasteiger partial charge in [0.05, 0.1) is 17.6 Å². The molecule has 0 saturated heterocycles. The summed E-state index contributed by atoms with van der Waals surface area (Å²) >= 11 is 0. The summed E-state index contributed by atoms with van der Waals surface area (Å²) in [6.07, 6.45) is 7.86. The number of imidazole rings is 1. The molecule has 1 aromatic heterocycles. The number of para-hydroxylation sites is 1. The van der Waals surface area contributed by atoms with Gasteiger partial charge in [0, 0.05) is 13.1 Å². The number of aryl methyl sites for hydroxylation is 1. The zero-order chi connectivity index (χ0) is 17.1. The highest BCUT2D eigenvalue weighted by Crippen LogP contribution is 2.19. The molecule has 1 aliphatic heterocycles. The summed E-state index contributed by atoms with van der Waals surface area (Å²) in [5.74, 6) is 1.06. The van der Waals surface area contributed by atoms with Crippen LogP contribution in [0.25, 0.3) is 17.1 Å². The number of benzene rings is 2. The zero-order valence-corrected chi connectivity index (χ0v) is 14.6. The first-order valence-electron chi connectivity index (χ1n) is 8.87. The van der Waals surface area contributed by atoms with E-state index in [0.29, 0.717) is 0 Å². The molecule has 0 radical (unpaired) electrons. The Hall–Kier alpha value is -2.65. The Morgan fingerprint density at radius 1 is 1.08 bits per heavy atom. The van der Waals surface area contributed by atoms with Crippen molar-refractivity contribution >= 4 is 17.1 Å². The predicted molar refractivity (Wildman–Crippen MR) is 104 cm³/mol. The van der Waals surface area contributed by atoms with Crippen LogP contribution in [0.15, 0.2) is 66.3 Å². The van der Waals surface area contributed by atoms with Crippen LogP contribution in [0.4, 0.5) is 0 Å². The van der Waals surface area contributed by atoms with Crippen LogP contribution in [0.1, 0.15) is 23.4 Å². The van der Waals surface area contributed by atoms with Gasteiger partial charge in [-0.15, -0.1) is 0 Å². The molecule has 0 spiro atoms. The molecule has 3 heteroatoms. The molecule has 4 rings (SSSR count). The number of nitrogens with one attached hydrogen (secondary N) is 1. The minimum absolute atomic E-state index is 0.875. The number of H-pyrrole nitrogens is 1. The Morgan fingerprint density at radius 2 is 1.96 bits per heavy atom. The molecule has 1 aliphatic rings. The van der Waals surface area contributed by atoms with Crippen molar-refractivity contribution in [1.29, 1.82) is 0 Å². The van der Waals surface area contributed by atoms with Crippen molar-refractivity contribution in [2.75, 3.05) is 13.1 Å². The lowest BCUT2D eigenvalue weighted by molar-refractivity contribution is 0.281. The molecule has 3 aromatic rings. The molecule has 2 heterocycles. The lowest BCUT2D eigenvalue weighted by Crippen LogP contribution is -2.28. The maximum absolute atomic E-state index is 4.77. The van der Waals surface area contributed by atoms with Gasteiger partial charge in [0.2, 0.25) is 0 Å². The standard InChI is InChI=1S/C22H23N3/c1-17-6-5-9-20-22(17)24-21(23-20)16-25-14-12-19(13-15-25)11-10-18-7-3-2-4-8-18/h2-12H,13-16H2,1H3,(H,23,24). The summed E-state index contributed by atoms with van der Waals surface area (Å²) in [6, 6.07) is 16.8. The fourth-order valence-corrected chi connectivity index (χ4v) is 3.30. The Bertz CT molecular complexity index is 919. The molecule has 0 fully saturated rings. The van der Waals surface area contributed by atoms with E-state index in [1.165, 1.54) is 16.7 Å². The van der Waals surface area contributed by atoms with E-state index in [-0.39, 0.29) is 0 Å². The van der Waals surface area contributed by atoms with Gasteiger partial charge in [0.25, 0.3) is 0 Å². The maximum atomic E-state index is 4.77. The first-order chi connectivity index (χ1) is 12.3. The Morgan fingerprint density at radius 3 is 2.72 bits per heavy atom. The van der Waals surface area contributed by atoms with Gasteiger partial charge in [-0.3, -0.25) is 4.90 Å². The predicted octanol–water partition coefficient (Wildman–Crippen LogP) is 4.72. The van der Waals surface area contributed by atoms with Crippen LogP contribution < -0.4 is 0 Å². The molecule has 0 saturated carbocycles. The molecule has 0 aliphatic carbocycles.